The lowest BCUT2D eigenvalue weighted by molar-refractivity contribution is -0.144. The molecule has 0 spiro atoms. The smallest absolute Gasteiger partial charge is 0.240 e. The van der Waals surface area contributed by atoms with E-state index in [0.717, 1.165) is 43.9 Å². The molecule has 4 aromatic carbocycles. The predicted octanol–water partition coefficient (Wildman–Crippen LogP) is 11.0. The van der Waals surface area contributed by atoms with Crippen LogP contribution in [0.3, 0.4) is 0 Å². The van der Waals surface area contributed by atoms with E-state index in [1.807, 2.05) is 6.21 Å². The first-order valence-electron chi connectivity index (χ1n) is 20.7. The molecular formula is C47H62N2O3. The Morgan fingerprint density at radius 1 is 0.885 bits per heavy atom. The molecule has 1 amide bonds. The number of benzene rings is 4. The average molecular weight is 703 g/mol. The lowest BCUT2D eigenvalue weighted by Gasteiger charge is -2.55. The van der Waals surface area contributed by atoms with E-state index in [0.29, 0.717) is 30.6 Å². The number of aliphatic hydroxyl groups excluding tert-OH is 1. The molecule has 0 radical (unpaired) electrons. The van der Waals surface area contributed by atoms with Crippen LogP contribution in [0.4, 0.5) is 0 Å². The van der Waals surface area contributed by atoms with E-state index in [-0.39, 0.29) is 29.4 Å². The monoisotopic (exact) mass is 702 g/mol. The highest BCUT2D eigenvalue weighted by molar-refractivity contribution is 6.23. The Morgan fingerprint density at radius 2 is 1.62 bits per heavy atom. The summed E-state index contributed by atoms with van der Waals surface area (Å²) in [6.45, 7) is 11.9. The van der Waals surface area contributed by atoms with Crippen LogP contribution in [0.5, 0.6) is 0 Å². The van der Waals surface area contributed by atoms with Gasteiger partial charge in [0.2, 0.25) is 5.91 Å². The third-order valence-corrected chi connectivity index (χ3v) is 14.6. The van der Waals surface area contributed by atoms with Crippen molar-refractivity contribution in [3.8, 4) is 0 Å². The van der Waals surface area contributed by atoms with Gasteiger partial charge in [0.15, 0.2) is 0 Å². The van der Waals surface area contributed by atoms with Gasteiger partial charge in [-0.2, -0.15) is 5.10 Å². The second-order valence-electron chi connectivity index (χ2n) is 18.2. The van der Waals surface area contributed by atoms with E-state index < -0.39 is 11.5 Å². The molecule has 5 heteroatoms. The number of aryl methyl sites for hydroxylation is 1. The number of hydrazone groups is 1. The summed E-state index contributed by atoms with van der Waals surface area (Å²) in [6.07, 6.45) is 14.7. The Hall–Kier alpha value is -3.31. The van der Waals surface area contributed by atoms with E-state index in [9.17, 15) is 14.7 Å². The molecule has 7 rings (SSSR count). The fourth-order valence-corrected chi connectivity index (χ4v) is 11.8. The summed E-state index contributed by atoms with van der Waals surface area (Å²) in [5, 5.41) is 22.6. The molecule has 4 aromatic rings. The van der Waals surface area contributed by atoms with Crippen LogP contribution in [-0.4, -0.2) is 29.1 Å². The van der Waals surface area contributed by atoms with Crippen LogP contribution in [-0.2, 0) is 16.0 Å². The van der Waals surface area contributed by atoms with Crippen molar-refractivity contribution in [2.45, 2.75) is 131 Å². The van der Waals surface area contributed by atoms with E-state index in [1.165, 1.54) is 76.4 Å². The van der Waals surface area contributed by atoms with Gasteiger partial charge in [0.25, 0.3) is 0 Å². The highest BCUT2D eigenvalue weighted by Crippen LogP contribution is 2.64. The second-order valence-corrected chi connectivity index (χ2v) is 18.2. The third-order valence-electron chi connectivity index (χ3n) is 14.6. The third kappa shape index (κ3) is 7.04. The number of carbonyl (C=O) groups is 2. The van der Waals surface area contributed by atoms with Crippen LogP contribution in [0.25, 0.3) is 32.3 Å². The number of rotatable bonds is 13. The van der Waals surface area contributed by atoms with Crippen molar-refractivity contribution in [2.24, 2.45) is 51.4 Å². The molecule has 52 heavy (non-hydrogen) atoms. The van der Waals surface area contributed by atoms with Gasteiger partial charge in [-0.3, -0.25) is 9.59 Å². The van der Waals surface area contributed by atoms with Gasteiger partial charge >= 0.3 is 0 Å². The van der Waals surface area contributed by atoms with Crippen molar-refractivity contribution in [3.05, 3.63) is 60.2 Å². The minimum Gasteiger partial charge on any atom is -0.393 e. The lowest BCUT2D eigenvalue weighted by atomic mass is 9.49. The fourth-order valence-electron chi connectivity index (χ4n) is 11.8. The van der Waals surface area contributed by atoms with Crippen molar-refractivity contribution in [3.63, 3.8) is 0 Å². The van der Waals surface area contributed by atoms with E-state index in [1.54, 1.807) is 0 Å². The topological polar surface area (TPSA) is 78.8 Å². The molecule has 3 aliphatic carbocycles. The zero-order chi connectivity index (χ0) is 36.6. The number of hydrogen-bond acceptors (Lipinski definition) is 4. The number of carbonyl (C=O) groups excluding carboxylic acids is 2. The maximum absolute atomic E-state index is 13.6. The molecule has 0 bridgehead atoms. The van der Waals surface area contributed by atoms with Crippen LogP contribution in [0.15, 0.2) is 59.7 Å². The average Bonchev–Trinajstić information content (AvgIpc) is 3.48. The van der Waals surface area contributed by atoms with Gasteiger partial charge in [0.05, 0.1) is 6.10 Å². The molecule has 278 valence electrons. The standard InChI is InChI=1S/C47H62N2O3/c1-30(2)9-6-10-31(3)39-21-22-40-38(41(24-27-46(39,40)4)47(5)26-23-36(50)29-42(47)51)25-28-48-49-43(52)14-8-11-32-15-16-35-18-17-33-12-7-13-34-19-20-37(32)45(35)44(33)34/h7,12-13,15-20,28,30-31,36,38-41,50H,6,8-11,14,21-27,29H2,1-5H3,(H,49,52)/b48-28+/t31-,36+,38+,39-,40+,41+,46-,47-/m1/s1. The largest absolute Gasteiger partial charge is 0.393 e. The zero-order valence-corrected chi connectivity index (χ0v) is 32.4. The van der Waals surface area contributed by atoms with Crippen LogP contribution in [0.2, 0.25) is 0 Å². The number of amides is 1. The van der Waals surface area contributed by atoms with Gasteiger partial charge in [-0.1, -0.05) is 108 Å². The van der Waals surface area contributed by atoms with Crippen LogP contribution < -0.4 is 5.43 Å². The quantitative estimate of drug-likeness (QED) is 0.0827. The summed E-state index contributed by atoms with van der Waals surface area (Å²) in [5.74, 6) is 3.57. The highest BCUT2D eigenvalue weighted by atomic mass is 16.3. The molecule has 0 unspecified atom stereocenters. The van der Waals surface area contributed by atoms with E-state index >= 15 is 0 Å². The molecule has 0 saturated heterocycles. The summed E-state index contributed by atoms with van der Waals surface area (Å²) < 4.78 is 0. The van der Waals surface area contributed by atoms with Gasteiger partial charge in [0.1, 0.15) is 5.78 Å². The van der Waals surface area contributed by atoms with Crippen molar-refractivity contribution < 1.29 is 14.7 Å². The van der Waals surface area contributed by atoms with Gasteiger partial charge in [0, 0.05) is 24.5 Å². The Bertz CT molecular complexity index is 1900. The first-order valence-corrected chi connectivity index (χ1v) is 20.7. The Morgan fingerprint density at radius 3 is 2.37 bits per heavy atom. The normalized spacial score (nSPS) is 30.2. The van der Waals surface area contributed by atoms with Gasteiger partial charge in [-0.15, -0.1) is 0 Å². The Balaban J connectivity index is 1.00. The molecule has 3 saturated carbocycles. The molecule has 0 aromatic heterocycles. The number of nitrogens with one attached hydrogen (secondary N) is 1. The van der Waals surface area contributed by atoms with Crippen molar-refractivity contribution in [1.29, 1.82) is 0 Å². The first-order chi connectivity index (χ1) is 25.0. The highest BCUT2D eigenvalue weighted by Gasteiger charge is 2.58. The summed E-state index contributed by atoms with van der Waals surface area (Å²) in [7, 11) is 0. The number of nitrogens with zero attached hydrogens (tertiary/aromatic N) is 1. The van der Waals surface area contributed by atoms with Crippen molar-refractivity contribution in [2.75, 3.05) is 0 Å². The molecule has 3 fully saturated rings. The molecule has 2 N–H and O–H groups in total. The summed E-state index contributed by atoms with van der Waals surface area (Å²) >= 11 is 0. The molecule has 0 aliphatic heterocycles. The van der Waals surface area contributed by atoms with Gasteiger partial charge in [-0.05, 0) is 137 Å². The molecule has 8 atom stereocenters. The minimum atomic E-state index is -0.499. The molecular weight excluding hydrogens is 641 g/mol. The van der Waals surface area contributed by atoms with E-state index in [4.69, 9.17) is 0 Å². The predicted molar refractivity (Wildman–Crippen MR) is 216 cm³/mol. The van der Waals surface area contributed by atoms with Crippen LogP contribution in [0, 0.1) is 46.3 Å². The molecule has 5 nitrogen and oxygen atoms in total. The first kappa shape index (κ1) is 37.0. The maximum Gasteiger partial charge on any atom is 0.240 e. The maximum atomic E-state index is 13.6. The number of fused-ring (bicyclic) bond motifs is 1. The number of Topliss-reactive ketones (excluding diaryl/α,β-unsaturated/α-hetero) is 1. The summed E-state index contributed by atoms with van der Waals surface area (Å²) in [6, 6.07) is 19.9. The Labute approximate surface area is 311 Å². The fraction of sp³-hybridized carbons (Fsp3) is 0.596. The number of ketones is 1. The molecule has 3 aliphatic rings. The molecule has 0 heterocycles. The van der Waals surface area contributed by atoms with Crippen LogP contribution >= 0.6 is 0 Å². The van der Waals surface area contributed by atoms with Crippen molar-refractivity contribution in [1.82, 2.24) is 5.43 Å². The van der Waals surface area contributed by atoms with Gasteiger partial charge in [-0.25, -0.2) is 5.43 Å². The van der Waals surface area contributed by atoms with Crippen molar-refractivity contribution >= 4 is 50.2 Å². The van der Waals surface area contributed by atoms with E-state index in [2.05, 4.69) is 99.7 Å². The zero-order valence-electron chi connectivity index (χ0n) is 32.4. The van der Waals surface area contributed by atoms with Crippen LogP contribution in [0.1, 0.15) is 124 Å². The summed E-state index contributed by atoms with van der Waals surface area (Å²) in [4.78, 5) is 26.7. The van der Waals surface area contributed by atoms with Gasteiger partial charge < -0.3 is 5.11 Å². The number of aliphatic hydroxyl groups is 1. The lowest BCUT2D eigenvalue weighted by Crippen LogP contribution is -2.51. The minimum absolute atomic E-state index is 0.0430. The summed E-state index contributed by atoms with van der Waals surface area (Å²) in [5.41, 5.74) is 4.03. The second kappa shape index (κ2) is 15.2. The Kier molecular flexibility index (Phi) is 10.8. The number of hydrogen-bond donors (Lipinski definition) is 2. The SMILES string of the molecule is CC(C)CCC[C@@H](C)[C@H]1CC[C@H]2[C@H](C/C=N/NC(=O)CCCc3ccc4ccc5cccc6ccc3c4c56)[C@@H]([C@@]3(C)CC[C@H](O)CC3=O)CC[C@]12C.